The number of aryl methyl sites for hydroxylation is 1. The smallest absolute Gasteiger partial charge is 0.421 e. The molecule has 0 aromatic heterocycles. The minimum Gasteiger partial charge on any atom is -0.452 e. The molecule has 0 spiro atoms. The van der Waals surface area contributed by atoms with Gasteiger partial charge in [0.15, 0.2) is 0 Å². The van der Waals surface area contributed by atoms with E-state index in [0.717, 1.165) is 5.56 Å². The molecule has 26 heavy (non-hydrogen) atoms. The molecule has 8 heteroatoms. The second-order valence-corrected chi connectivity index (χ2v) is 5.41. The second-order valence-electron chi connectivity index (χ2n) is 5.41. The van der Waals surface area contributed by atoms with Crippen LogP contribution in [0.2, 0.25) is 0 Å². The highest BCUT2D eigenvalue weighted by atomic mass is 16.5. The Balaban J connectivity index is 2.05. The lowest BCUT2D eigenvalue weighted by Gasteiger charge is -2.19. The minimum atomic E-state index is -0.939. The van der Waals surface area contributed by atoms with E-state index in [1.165, 1.54) is 7.11 Å². The number of hydrazine groups is 2. The van der Waals surface area contributed by atoms with Gasteiger partial charge >= 0.3 is 6.09 Å². The maximum Gasteiger partial charge on any atom is 0.421 e. The number of carbonyl (C=O) groups is 3. The molecule has 0 aliphatic heterocycles. The quantitative estimate of drug-likeness (QED) is 0.605. The lowest BCUT2D eigenvalue weighted by atomic mass is 10.1. The number of ether oxygens (including phenoxy) is 1. The largest absolute Gasteiger partial charge is 0.452 e. The van der Waals surface area contributed by atoms with E-state index < -0.39 is 23.9 Å². The topological polar surface area (TPSA) is 109 Å². The predicted molar refractivity (Wildman–Crippen MR) is 94.6 cm³/mol. The van der Waals surface area contributed by atoms with Crippen molar-refractivity contribution in [3.63, 3.8) is 0 Å². The van der Waals surface area contributed by atoms with Gasteiger partial charge in [0.1, 0.15) is 6.04 Å². The molecule has 0 aliphatic carbocycles. The van der Waals surface area contributed by atoms with Crippen LogP contribution in [0, 0.1) is 6.92 Å². The summed E-state index contributed by atoms with van der Waals surface area (Å²) in [4.78, 5) is 35.8. The highest BCUT2D eigenvalue weighted by molar-refractivity contribution is 5.96. The van der Waals surface area contributed by atoms with Gasteiger partial charge in [0, 0.05) is 5.56 Å². The standard InChI is InChI=1S/C18H20N4O4/c1-12-8-10-13(11-9-12)15(19-22-18(25)26-2)17(24)21-20-16(23)14-6-4-3-5-7-14/h3-11,15,19H,1-2H3,(H,20,23)(H,21,24)(H,22,25). The fraction of sp³-hybridized carbons (Fsp3) is 0.167. The second kappa shape index (κ2) is 9.19. The third kappa shape index (κ3) is 5.32. The minimum absolute atomic E-state index is 0.403. The number of carbonyl (C=O) groups excluding carboxylic acids is 3. The van der Waals surface area contributed by atoms with Gasteiger partial charge in [-0.25, -0.2) is 10.2 Å². The summed E-state index contributed by atoms with van der Waals surface area (Å²) in [6.07, 6.45) is -0.747. The molecule has 0 heterocycles. The first-order chi connectivity index (χ1) is 12.5. The predicted octanol–water partition coefficient (Wildman–Crippen LogP) is 1.36. The van der Waals surface area contributed by atoms with Gasteiger partial charge in [0.05, 0.1) is 7.11 Å². The molecule has 0 bridgehead atoms. The summed E-state index contributed by atoms with van der Waals surface area (Å²) >= 11 is 0. The van der Waals surface area contributed by atoms with Gasteiger partial charge < -0.3 is 4.74 Å². The van der Waals surface area contributed by atoms with Crippen molar-refractivity contribution in [2.24, 2.45) is 0 Å². The van der Waals surface area contributed by atoms with Crippen molar-refractivity contribution in [1.82, 2.24) is 21.7 Å². The Morgan fingerprint density at radius 2 is 1.54 bits per heavy atom. The van der Waals surface area contributed by atoms with Gasteiger partial charge in [0.2, 0.25) is 0 Å². The van der Waals surface area contributed by atoms with E-state index in [-0.39, 0.29) is 0 Å². The third-order valence-electron chi connectivity index (χ3n) is 3.51. The summed E-state index contributed by atoms with van der Waals surface area (Å²) in [5, 5.41) is 0. The van der Waals surface area contributed by atoms with Gasteiger partial charge in [-0.05, 0) is 24.6 Å². The summed E-state index contributed by atoms with van der Waals surface area (Å²) in [5.74, 6) is -1.02. The molecule has 0 fully saturated rings. The summed E-state index contributed by atoms with van der Waals surface area (Å²) in [5.41, 5.74) is 11.5. The normalized spacial score (nSPS) is 11.2. The average Bonchev–Trinajstić information content (AvgIpc) is 2.68. The Morgan fingerprint density at radius 1 is 0.885 bits per heavy atom. The van der Waals surface area contributed by atoms with Crippen LogP contribution in [-0.2, 0) is 9.53 Å². The van der Waals surface area contributed by atoms with Crippen LogP contribution in [0.3, 0.4) is 0 Å². The molecule has 136 valence electrons. The molecule has 0 radical (unpaired) electrons. The Hall–Kier alpha value is -3.39. The van der Waals surface area contributed by atoms with Gasteiger partial charge in [-0.1, -0.05) is 48.0 Å². The maximum atomic E-state index is 12.5. The number of hydrogen-bond donors (Lipinski definition) is 4. The van der Waals surface area contributed by atoms with Crippen molar-refractivity contribution >= 4 is 17.9 Å². The molecule has 1 atom stereocenters. The van der Waals surface area contributed by atoms with Gasteiger partial charge in [-0.15, -0.1) is 0 Å². The number of hydrogen-bond acceptors (Lipinski definition) is 5. The van der Waals surface area contributed by atoms with E-state index in [2.05, 4.69) is 26.4 Å². The third-order valence-corrected chi connectivity index (χ3v) is 3.51. The number of nitrogens with one attached hydrogen (secondary N) is 4. The van der Waals surface area contributed by atoms with Crippen molar-refractivity contribution in [1.29, 1.82) is 0 Å². The monoisotopic (exact) mass is 356 g/mol. The lowest BCUT2D eigenvalue weighted by Crippen LogP contribution is -2.50. The fourth-order valence-electron chi connectivity index (χ4n) is 2.09. The van der Waals surface area contributed by atoms with Gasteiger partial charge in [-0.2, -0.15) is 0 Å². The molecule has 2 aromatic carbocycles. The van der Waals surface area contributed by atoms with Crippen LogP contribution in [0.25, 0.3) is 0 Å². The molecule has 2 aromatic rings. The zero-order valence-corrected chi connectivity index (χ0v) is 14.4. The maximum absolute atomic E-state index is 12.5. The molecule has 8 nitrogen and oxygen atoms in total. The molecular formula is C18H20N4O4. The van der Waals surface area contributed by atoms with Crippen molar-refractivity contribution in [2.45, 2.75) is 13.0 Å². The summed E-state index contributed by atoms with van der Waals surface area (Å²) in [6, 6.07) is 14.7. The number of benzene rings is 2. The molecular weight excluding hydrogens is 336 g/mol. The Morgan fingerprint density at radius 3 is 2.15 bits per heavy atom. The first-order valence-corrected chi connectivity index (χ1v) is 7.82. The molecule has 0 saturated carbocycles. The van der Waals surface area contributed by atoms with E-state index in [4.69, 9.17) is 0 Å². The van der Waals surface area contributed by atoms with Crippen LogP contribution in [-0.4, -0.2) is 25.0 Å². The van der Waals surface area contributed by atoms with Crippen LogP contribution in [0.1, 0.15) is 27.5 Å². The number of amides is 3. The highest BCUT2D eigenvalue weighted by Crippen LogP contribution is 2.13. The van der Waals surface area contributed by atoms with E-state index in [1.807, 2.05) is 19.1 Å². The zero-order chi connectivity index (χ0) is 18.9. The van der Waals surface area contributed by atoms with E-state index in [1.54, 1.807) is 42.5 Å². The first-order valence-electron chi connectivity index (χ1n) is 7.82. The van der Waals surface area contributed by atoms with Crippen LogP contribution < -0.4 is 21.7 Å². The SMILES string of the molecule is COC(=O)NNC(C(=O)NNC(=O)c1ccccc1)c1ccc(C)cc1. The molecule has 2 rings (SSSR count). The van der Waals surface area contributed by atoms with Crippen LogP contribution in [0.5, 0.6) is 0 Å². The van der Waals surface area contributed by atoms with Crippen molar-refractivity contribution in [2.75, 3.05) is 7.11 Å². The molecule has 0 saturated heterocycles. The van der Waals surface area contributed by atoms with Gasteiger partial charge in [0.25, 0.3) is 11.8 Å². The van der Waals surface area contributed by atoms with Gasteiger partial charge in [-0.3, -0.25) is 25.9 Å². The van der Waals surface area contributed by atoms with E-state index in [9.17, 15) is 14.4 Å². The van der Waals surface area contributed by atoms with Crippen LogP contribution in [0.4, 0.5) is 4.79 Å². The van der Waals surface area contributed by atoms with Crippen molar-refractivity contribution < 1.29 is 19.1 Å². The molecule has 4 N–H and O–H groups in total. The summed E-state index contributed by atoms with van der Waals surface area (Å²) in [7, 11) is 1.21. The number of rotatable bonds is 5. The molecule has 0 aliphatic rings. The molecule has 3 amide bonds. The van der Waals surface area contributed by atoms with Crippen molar-refractivity contribution in [3.05, 3.63) is 71.3 Å². The first kappa shape index (κ1) is 18.9. The Kier molecular flexibility index (Phi) is 6.69. The summed E-state index contributed by atoms with van der Waals surface area (Å²) < 4.78 is 4.48. The van der Waals surface area contributed by atoms with Crippen molar-refractivity contribution in [3.8, 4) is 0 Å². The van der Waals surface area contributed by atoms with Crippen LogP contribution >= 0.6 is 0 Å². The van der Waals surface area contributed by atoms with Crippen LogP contribution in [0.15, 0.2) is 54.6 Å². The number of methoxy groups -OCH3 is 1. The average molecular weight is 356 g/mol. The van der Waals surface area contributed by atoms with E-state index in [0.29, 0.717) is 11.1 Å². The summed E-state index contributed by atoms with van der Waals surface area (Å²) in [6.45, 7) is 1.92. The Bertz CT molecular complexity index is 763. The lowest BCUT2D eigenvalue weighted by molar-refractivity contribution is -0.124. The highest BCUT2D eigenvalue weighted by Gasteiger charge is 2.22. The molecule has 1 unspecified atom stereocenters. The zero-order valence-electron chi connectivity index (χ0n) is 14.4. The van der Waals surface area contributed by atoms with E-state index >= 15 is 0 Å². The fourth-order valence-corrected chi connectivity index (χ4v) is 2.09. The Labute approximate surface area is 150 Å².